The highest BCUT2D eigenvalue weighted by Crippen LogP contribution is 2.44. The molecule has 1 aromatic rings. The Morgan fingerprint density at radius 2 is 1.94 bits per heavy atom. The fourth-order valence-corrected chi connectivity index (χ4v) is 2.20. The minimum atomic E-state index is 0.0138. The normalized spacial score (nSPS) is 16.6. The lowest BCUT2D eigenvalue weighted by Crippen LogP contribution is -2.34. The summed E-state index contributed by atoms with van der Waals surface area (Å²) in [4.78, 5) is 11.9. The molecule has 0 unspecified atom stereocenters. The van der Waals surface area contributed by atoms with E-state index < -0.39 is 0 Å². The Morgan fingerprint density at radius 1 is 1.29 bits per heavy atom. The summed E-state index contributed by atoms with van der Waals surface area (Å²) in [6, 6.07) is 7.43. The summed E-state index contributed by atoms with van der Waals surface area (Å²) in [5, 5.41) is 6.20. The lowest BCUT2D eigenvalue weighted by Gasteiger charge is -2.15. The molecule has 1 saturated carbocycles. The molecular weight excluding hydrogens is 280 g/mol. The quantitative estimate of drug-likeness (QED) is 0.874. The molecule has 2 rings (SSSR count). The molecule has 1 fully saturated rings. The van der Waals surface area contributed by atoms with Crippen LogP contribution in [0.2, 0.25) is 0 Å². The summed E-state index contributed by atoms with van der Waals surface area (Å²) >= 11 is 3.36. The van der Waals surface area contributed by atoms with Gasteiger partial charge < -0.3 is 10.6 Å². The Balaban J connectivity index is 1.87. The molecule has 0 spiro atoms. The Morgan fingerprint density at radius 3 is 2.47 bits per heavy atom. The van der Waals surface area contributed by atoms with Gasteiger partial charge in [0.05, 0.1) is 0 Å². The fourth-order valence-electron chi connectivity index (χ4n) is 1.94. The predicted octanol–water partition coefficient (Wildman–Crippen LogP) is 2.18. The molecular formula is C13H17BrN2O. The molecule has 1 amide bonds. The third kappa shape index (κ3) is 3.30. The number of carbonyl (C=O) groups excluding carboxylic acids is 1. The van der Waals surface area contributed by atoms with E-state index in [1.807, 2.05) is 31.3 Å². The number of benzene rings is 1. The molecule has 0 heterocycles. The van der Waals surface area contributed by atoms with Crippen LogP contribution in [-0.2, 0) is 0 Å². The van der Waals surface area contributed by atoms with Crippen LogP contribution in [0.15, 0.2) is 28.7 Å². The van der Waals surface area contributed by atoms with Crippen molar-refractivity contribution in [3.63, 3.8) is 0 Å². The van der Waals surface area contributed by atoms with Gasteiger partial charge in [0, 0.05) is 28.5 Å². The number of hydrogen-bond acceptors (Lipinski definition) is 2. The summed E-state index contributed by atoms with van der Waals surface area (Å²) < 4.78 is 0.989. The fraction of sp³-hybridized carbons (Fsp3) is 0.462. The minimum absolute atomic E-state index is 0.0138. The highest BCUT2D eigenvalue weighted by molar-refractivity contribution is 9.10. The first kappa shape index (κ1) is 12.6. The van der Waals surface area contributed by atoms with Crippen molar-refractivity contribution < 1.29 is 4.79 Å². The van der Waals surface area contributed by atoms with E-state index in [4.69, 9.17) is 0 Å². The molecule has 0 bridgehead atoms. The molecule has 17 heavy (non-hydrogen) atoms. The lowest BCUT2D eigenvalue weighted by molar-refractivity contribution is 0.0945. The number of carbonyl (C=O) groups is 1. The second-order valence-electron chi connectivity index (χ2n) is 4.72. The van der Waals surface area contributed by atoms with Gasteiger partial charge in [0.15, 0.2) is 0 Å². The van der Waals surface area contributed by atoms with Gasteiger partial charge in [-0.25, -0.2) is 0 Å². The Kier molecular flexibility index (Phi) is 3.84. The second-order valence-corrected chi connectivity index (χ2v) is 5.64. The van der Waals surface area contributed by atoms with Gasteiger partial charge in [-0.2, -0.15) is 0 Å². The highest BCUT2D eigenvalue weighted by atomic mass is 79.9. The molecule has 4 heteroatoms. The topological polar surface area (TPSA) is 41.1 Å². The van der Waals surface area contributed by atoms with Crippen LogP contribution >= 0.6 is 15.9 Å². The van der Waals surface area contributed by atoms with Crippen LogP contribution in [0.25, 0.3) is 0 Å². The molecule has 2 N–H and O–H groups in total. The monoisotopic (exact) mass is 296 g/mol. The third-order valence-electron chi connectivity index (χ3n) is 3.24. The summed E-state index contributed by atoms with van der Waals surface area (Å²) in [7, 11) is 1.95. The molecule has 1 aliphatic carbocycles. The summed E-state index contributed by atoms with van der Waals surface area (Å²) in [6.45, 7) is 1.75. The van der Waals surface area contributed by atoms with Gasteiger partial charge >= 0.3 is 0 Å². The number of amides is 1. The van der Waals surface area contributed by atoms with Crippen LogP contribution in [0.5, 0.6) is 0 Å². The number of rotatable bonds is 5. The predicted molar refractivity (Wildman–Crippen MR) is 72.1 cm³/mol. The van der Waals surface area contributed by atoms with E-state index in [1.165, 1.54) is 12.8 Å². The van der Waals surface area contributed by atoms with Gasteiger partial charge in [-0.3, -0.25) is 4.79 Å². The second kappa shape index (κ2) is 5.19. The van der Waals surface area contributed by atoms with Crippen LogP contribution < -0.4 is 10.6 Å². The zero-order valence-electron chi connectivity index (χ0n) is 9.92. The van der Waals surface area contributed by atoms with E-state index >= 15 is 0 Å². The van der Waals surface area contributed by atoms with Gasteiger partial charge in [0.2, 0.25) is 0 Å². The van der Waals surface area contributed by atoms with E-state index in [-0.39, 0.29) is 5.91 Å². The van der Waals surface area contributed by atoms with Crippen LogP contribution in [-0.4, -0.2) is 26.0 Å². The molecule has 0 aromatic heterocycles. The van der Waals surface area contributed by atoms with E-state index in [2.05, 4.69) is 26.6 Å². The molecule has 3 nitrogen and oxygen atoms in total. The van der Waals surface area contributed by atoms with Crippen molar-refractivity contribution >= 4 is 21.8 Å². The summed E-state index contributed by atoms with van der Waals surface area (Å²) in [5.74, 6) is 0.0138. The summed E-state index contributed by atoms with van der Waals surface area (Å²) in [6.07, 6.45) is 2.41. The molecule has 0 atom stereocenters. The number of halogens is 1. The zero-order valence-corrected chi connectivity index (χ0v) is 11.5. The van der Waals surface area contributed by atoms with Gasteiger partial charge in [0.25, 0.3) is 5.91 Å². The maximum absolute atomic E-state index is 11.9. The van der Waals surface area contributed by atoms with Gasteiger partial charge in [0.1, 0.15) is 0 Å². The van der Waals surface area contributed by atoms with Crippen molar-refractivity contribution in [2.24, 2.45) is 5.41 Å². The molecule has 0 saturated heterocycles. The lowest BCUT2D eigenvalue weighted by atomic mass is 10.1. The SMILES string of the molecule is CNCC1(CNC(=O)c2ccc(Br)cc2)CC1. The van der Waals surface area contributed by atoms with Gasteiger partial charge in [-0.15, -0.1) is 0 Å². The molecule has 1 aromatic carbocycles. The minimum Gasteiger partial charge on any atom is -0.351 e. The summed E-state index contributed by atoms with van der Waals surface area (Å²) in [5.41, 5.74) is 1.02. The first-order chi connectivity index (χ1) is 8.15. The maximum atomic E-state index is 11.9. The van der Waals surface area contributed by atoms with Crippen molar-refractivity contribution in [1.29, 1.82) is 0 Å². The van der Waals surface area contributed by atoms with Crippen molar-refractivity contribution in [2.75, 3.05) is 20.1 Å². The average Bonchev–Trinajstić information content (AvgIpc) is 3.08. The zero-order chi connectivity index (χ0) is 12.3. The third-order valence-corrected chi connectivity index (χ3v) is 3.77. The molecule has 0 aliphatic heterocycles. The first-order valence-corrected chi connectivity index (χ1v) is 6.63. The van der Waals surface area contributed by atoms with Crippen LogP contribution in [0.1, 0.15) is 23.2 Å². The smallest absolute Gasteiger partial charge is 0.251 e. The van der Waals surface area contributed by atoms with E-state index in [0.717, 1.165) is 17.6 Å². The molecule has 1 aliphatic rings. The number of nitrogens with one attached hydrogen (secondary N) is 2. The van der Waals surface area contributed by atoms with Crippen LogP contribution in [0.4, 0.5) is 0 Å². The Hall–Kier alpha value is -0.870. The van der Waals surface area contributed by atoms with Crippen molar-refractivity contribution in [1.82, 2.24) is 10.6 Å². The highest BCUT2D eigenvalue weighted by Gasteiger charge is 2.41. The first-order valence-electron chi connectivity index (χ1n) is 5.84. The maximum Gasteiger partial charge on any atom is 0.251 e. The standard InChI is InChI=1S/C13H17BrN2O/c1-15-8-13(6-7-13)9-16-12(17)10-2-4-11(14)5-3-10/h2-5,15H,6-9H2,1H3,(H,16,17). The Labute approximate surface area is 110 Å². The van der Waals surface area contributed by atoms with Gasteiger partial charge in [-0.05, 0) is 44.2 Å². The average molecular weight is 297 g/mol. The van der Waals surface area contributed by atoms with E-state index in [9.17, 15) is 4.79 Å². The van der Waals surface area contributed by atoms with Crippen LogP contribution in [0, 0.1) is 5.41 Å². The van der Waals surface area contributed by atoms with E-state index in [1.54, 1.807) is 0 Å². The van der Waals surface area contributed by atoms with Crippen molar-refractivity contribution in [2.45, 2.75) is 12.8 Å². The Bertz CT molecular complexity index is 398. The largest absolute Gasteiger partial charge is 0.351 e. The molecule has 0 radical (unpaired) electrons. The van der Waals surface area contributed by atoms with Crippen molar-refractivity contribution in [3.8, 4) is 0 Å². The van der Waals surface area contributed by atoms with Crippen LogP contribution in [0.3, 0.4) is 0 Å². The van der Waals surface area contributed by atoms with Gasteiger partial charge in [-0.1, -0.05) is 15.9 Å². The van der Waals surface area contributed by atoms with E-state index in [0.29, 0.717) is 11.0 Å². The van der Waals surface area contributed by atoms with Crippen molar-refractivity contribution in [3.05, 3.63) is 34.3 Å². The molecule has 92 valence electrons. The number of hydrogen-bond donors (Lipinski definition) is 2.